The minimum absolute atomic E-state index is 0. The Balaban J connectivity index is 0.00000312. The number of thioether (sulfide) groups is 1. The van der Waals surface area contributed by atoms with Gasteiger partial charge in [0.2, 0.25) is 0 Å². The summed E-state index contributed by atoms with van der Waals surface area (Å²) < 4.78 is 2.18. The average Bonchev–Trinajstić information content (AvgIpc) is 2.99. The highest BCUT2D eigenvalue weighted by Crippen LogP contribution is 2.36. The molecule has 0 radical (unpaired) electrons. The maximum Gasteiger partial charge on any atom is 0.250 e. The largest absolute Gasteiger partial charge is 0.356 e. The standard InChI is InChI=1S/C18H30N4OS.HI/c1-15-8-6-9-16(23)22(15)12-5-4-11-20-17(19-3)21-14-18(2)10-7-13-24-18;/h6,8-9H,4-5,7,10-14H2,1-3H3,(H2,19,20,21);1H. The van der Waals surface area contributed by atoms with Crippen LogP contribution in [0.3, 0.4) is 0 Å². The van der Waals surface area contributed by atoms with Crippen LogP contribution in [0.5, 0.6) is 0 Å². The van der Waals surface area contributed by atoms with Crippen molar-refractivity contribution >= 4 is 41.7 Å². The molecule has 0 aliphatic carbocycles. The monoisotopic (exact) mass is 478 g/mol. The fourth-order valence-electron chi connectivity index (χ4n) is 2.98. The topological polar surface area (TPSA) is 58.4 Å². The van der Waals surface area contributed by atoms with E-state index in [-0.39, 0.29) is 29.5 Å². The number of halogens is 1. The normalized spacial score (nSPS) is 20.2. The lowest BCUT2D eigenvalue weighted by Gasteiger charge is -2.24. The summed E-state index contributed by atoms with van der Waals surface area (Å²) in [4.78, 5) is 16.1. The molecule has 1 aliphatic heterocycles. The van der Waals surface area contributed by atoms with Crippen LogP contribution in [0, 0.1) is 6.92 Å². The van der Waals surface area contributed by atoms with E-state index in [2.05, 4.69) is 34.3 Å². The Morgan fingerprint density at radius 2 is 2.16 bits per heavy atom. The molecule has 1 aromatic rings. The third kappa shape index (κ3) is 7.21. The van der Waals surface area contributed by atoms with Crippen LogP contribution in [-0.4, -0.2) is 41.2 Å². The number of guanidine groups is 1. The van der Waals surface area contributed by atoms with Gasteiger partial charge in [-0.3, -0.25) is 9.79 Å². The van der Waals surface area contributed by atoms with Gasteiger partial charge in [0.1, 0.15) is 0 Å². The van der Waals surface area contributed by atoms with Gasteiger partial charge in [-0.1, -0.05) is 6.07 Å². The van der Waals surface area contributed by atoms with Crippen LogP contribution in [0.2, 0.25) is 0 Å². The highest BCUT2D eigenvalue weighted by Gasteiger charge is 2.29. The molecule has 1 unspecified atom stereocenters. The Morgan fingerprint density at radius 3 is 2.80 bits per heavy atom. The van der Waals surface area contributed by atoms with E-state index in [0.29, 0.717) is 4.75 Å². The van der Waals surface area contributed by atoms with Crippen LogP contribution in [0.4, 0.5) is 0 Å². The van der Waals surface area contributed by atoms with Gasteiger partial charge in [-0.2, -0.15) is 11.8 Å². The summed E-state index contributed by atoms with van der Waals surface area (Å²) in [5.41, 5.74) is 1.11. The summed E-state index contributed by atoms with van der Waals surface area (Å²) in [6.45, 7) is 6.89. The minimum atomic E-state index is 0. The molecular formula is C18H31IN4OS. The average molecular weight is 478 g/mol. The summed E-state index contributed by atoms with van der Waals surface area (Å²) in [6.07, 6.45) is 4.57. The molecule has 0 amide bonds. The predicted molar refractivity (Wildman–Crippen MR) is 120 cm³/mol. The van der Waals surface area contributed by atoms with Crippen LogP contribution in [-0.2, 0) is 6.54 Å². The molecule has 142 valence electrons. The first-order valence-electron chi connectivity index (χ1n) is 8.79. The molecule has 25 heavy (non-hydrogen) atoms. The number of hydrogen-bond donors (Lipinski definition) is 2. The molecule has 5 nitrogen and oxygen atoms in total. The lowest BCUT2D eigenvalue weighted by molar-refractivity contribution is 0.566. The maximum absolute atomic E-state index is 11.8. The number of nitrogens with zero attached hydrogens (tertiary/aromatic N) is 2. The van der Waals surface area contributed by atoms with Gasteiger partial charge in [0, 0.05) is 43.2 Å². The van der Waals surface area contributed by atoms with E-state index in [4.69, 9.17) is 0 Å². The number of pyridine rings is 1. The number of aliphatic imine (C=N–C) groups is 1. The zero-order valence-corrected chi connectivity index (χ0v) is 18.7. The van der Waals surface area contributed by atoms with E-state index in [9.17, 15) is 4.79 Å². The van der Waals surface area contributed by atoms with Crippen LogP contribution >= 0.6 is 35.7 Å². The molecule has 7 heteroatoms. The molecule has 1 atom stereocenters. The molecule has 0 saturated carbocycles. The first-order chi connectivity index (χ1) is 11.5. The van der Waals surface area contributed by atoms with E-state index in [1.54, 1.807) is 6.07 Å². The van der Waals surface area contributed by atoms with Gasteiger partial charge < -0.3 is 15.2 Å². The predicted octanol–water partition coefficient (Wildman–Crippen LogP) is 3.01. The second kappa shape index (κ2) is 11.1. The van der Waals surface area contributed by atoms with Gasteiger partial charge in [-0.05, 0) is 51.3 Å². The fraction of sp³-hybridized carbons (Fsp3) is 0.667. The van der Waals surface area contributed by atoms with Gasteiger partial charge in [0.05, 0.1) is 0 Å². The Kier molecular flexibility index (Phi) is 9.92. The fourth-order valence-corrected chi connectivity index (χ4v) is 4.22. The Morgan fingerprint density at radius 1 is 1.36 bits per heavy atom. The molecule has 1 aromatic heterocycles. The summed E-state index contributed by atoms with van der Waals surface area (Å²) in [5, 5.41) is 6.81. The van der Waals surface area contributed by atoms with Crippen molar-refractivity contribution in [1.29, 1.82) is 0 Å². The molecule has 0 aromatic carbocycles. The van der Waals surface area contributed by atoms with Gasteiger partial charge in [0.25, 0.3) is 5.56 Å². The zero-order valence-electron chi connectivity index (χ0n) is 15.5. The molecule has 2 heterocycles. The highest BCUT2D eigenvalue weighted by molar-refractivity contribution is 14.0. The van der Waals surface area contributed by atoms with Crippen molar-refractivity contribution in [3.63, 3.8) is 0 Å². The zero-order chi connectivity index (χ0) is 17.4. The van der Waals surface area contributed by atoms with Gasteiger partial charge in [-0.15, -0.1) is 24.0 Å². The molecule has 0 bridgehead atoms. The third-order valence-electron chi connectivity index (χ3n) is 4.52. The second-order valence-electron chi connectivity index (χ2n) is 6.62. The summed E-state index contributed by atoms with van der Waals surface area (Å²) >= 11 is 2.05. The van der Waals surface area contributed by atoms with E-state index in [1.807, 2.05) is 30.7 Å². The van der Waals surface area contributed by atoms with E-state index in [0.717, 1.165) is 44.1 Å². The van der Waals surface area contributed by atoms with Crippen LogP contribution in [0.15, 0.2) is 28.0 Å². The lowest BCUT2D eigenvalue weighted by Crippen LogP contribution is -2.43. The summed E-state index contributed by atoms with van der Waals surface area (Å²) in [7, 11) is 1.81. The molecular weight excluding hydrogens is 447 g/mol. The molecule has 2 rings (SSSR count). The van der Waals surface area contributed by atoms with E-state index >= 15 is 0 Å². The van der Waals surface area contributed by atoms with Crippen LogP contribution < -0.4 is 16.2 Å². The van der Waals surface area contributed by atoms with Crippen LogP contribution in [0.1, 0.15) is 38.3 Å². The number of unbranched alkanes of at least 4 members (excludes halogenated alkanes) is 1. The quantitative estimate of drug-likeness (QED) is 0.274. The summed E-state index contributed by atoms with van der Waals surface area (Å²) in [6, 6.07) is 5.42. The van der Waals surface area contributed by atoms with Crippen LogP contribution in [0.25, 0.3) is 0 Å². The Labute approximate surface area is 172 Å². The van der Waals surface area contributed by atoms with Crippen molar-refractivity contribution in [1.82, 2.24) is 15.2 Å². The Hall–Kier alpha value is -0.700. The number of aryl methyl sites for hydroxylation is 1. The van der Waals surface area contributed by atoms with E-state index in [1.165, 1.54) is 18.6 Å². The smallest absolute Gasteiger partial charge is 0.250 e. The third-order valence-corrected chi connectivity index (χ3v) is 6.06. The van der Waals surface area contributed by atoms with Crippen molar-refractivity contribution in [3.8, 4) is 0 Å². The van der Waals surface area contributed by atoms with Crippen molar-refractivity contribution in [3.05, 3.63) is 34.2 Å². The maximum atomic E-state index is 11.8. The van der Waals surface area contributed by atoms with E-state index < -0.39 is 0 Å². The lowest BCUT2D eigenvalue weighted by atomic mass is 10.1. The molecule has 1 fully saturated rings. The molecule has 2 N–H and O–H groups in total. The SMILES string of the molecule is CN=C(NCCCCn1c(C)cccc1=O)NCC1(C)CCCS1.I. The number of hydrogen-bond acceptors (Lipinski definition) is 3. The molecule has 1 aliphatic rings. The van der Waals surface area contributed by atoms with Gasteiger partial charge >= 0.3 is 0 Å². The number of aromatic nitrogens is 1. The first kappa shape index (κ1) is 22.3. The van der Waals surface area contributed by atoms with Crippen molar-refractivity contribution in [2.24, 2.45) is 4.99 Å². The second-order valence-corrected chi connectivity index (χ2v) is 8.30. The van der Waals surface area contributed by atoms with Crippen molar-refractivity contribution in [2.45, 2.75) is 50.8 Å². The molecule has 0 spiro atoms. The van der Waals surface area contributed by atoms with Gasteiger partial charge in [-0.25, -0.2) is 0 Å². The van der Waals surface area contributed by atoms with Crippen molar-refractivity contribution in [2.75, 3.05) is 25.9 Å². The van der Waals surface area contributed by atoms with Crippen molar-refractivity contribution < 1.29 is 0 Å². The van der Waals surface area contributed by atoms with Gasteiger partial charge in [0.15, 0.2) is 5.96 Å². The highest BCUT2D eigenvalue weighted by atomic mass is 127. The summed E-state index contributed by atoms with van der Waals surface area (Å²) in [5.74, 6) is 2.14. The molecule has 1 saturated heterocycles. The number of nitrogens with one attached hydrogen (secondary N) is 2. The first-order valence-corrected chi connectivity index (χ1v) is 9.78. The minimum Gasteiger partial charge on any atom is -0.356 e. The number of rotatable bonds is 7. The Bertz CT molecular complexity index is 611.